The Morgan fingerprint density at radius 2 is 1.91 bits per heavy atom. The maximum absolute atomic E-state index is 13.0. The Bertz CT molecular complexity index is 1050. The highest BCUT2D eigenvalue weighted by atomic mass is 35.5. The average molecular weight is 478 g/mol. The van der Waals surface area contributed by atoms with Crippen LogP contribution in [-0.2, 0) is 14.3 Å². The second kappa shape index (κ2) is 10.4. The van der Waals surface area contributed by atoms with Crippen LogP contribution >= 0.6 is 23.2 Å². The Hall–Kier alpha value is -2.54. The van der Waals surface area contributed by atoms with Crippen molar-refractivity contribution in [2.75, 3.05) is 20.3 Å². The molecule has 0 saturated carbocycles. The summed E-state index contributed by atoms with van der Waals surface area (Å²) in [6, 6.07) is 10.6. The summed E-state index contributed by atoms with van der Waals surface area (Å²) in [5, 5.41) is 11.8. The number of aliphatic hydroxyl groups is 1. The molecule has 1 heterocycles. The van der Waals surface area contributed by atoms with Gasteiger partial charge in [0, 0.05) is 28.8 Å². The fourth-order valence-corrected chi connectivity index (χ4v) is 4.15. The van der Waals surface area contributed by atoms with Crippen molar-refractivity contribution in [1.29, 1.82) is 0 Å². The zero-order valence-corrected chi connectivity index (χ0v) is 19.6. The minimum Gasteiger partial charge on any atom is -0.507 e. The highest BCUT2D eigenvalue weighted by molar-refractivity contribution is 6.47. The van der Waals surface area contributed by atoms with Crippen LogP contribution in [0.3, 0.4) is 0 Å². The van der Waals surface area contributed by atoms with E-state index in [-0.39, 0.29) is 24.0 Å². The summed E-state index contributed by atoms with van der Waals surface area (Å²) in [4.78, 5) is 27.4. The van der Waals surface area contributed by atoms with Gasteiger partial charge in [0.05, 0.1) is 24.8 Å². The predicted octanol–water partition coefficient (Wildman–Crippen LogP) is 5.24. The van der Waals surface area contributed by atoms with E-state index in [4.69, 9.17) is 32.7 Å². The van der Waals surface area contributed by atoms with Crippen LogP contribution in [-0.4, -0.2) is 48.1 Å². The third-order valence-corrected chi connectivity index (χ3v) is 5.70. The second-order valence-electron chi connectivity index (χ2n) is 7.66. The van der Waals surface area contributed by atoms with Crippen LogP contribution in [0.1, 0.15) is 37.4 Å². The molecule has 1 saturated heterocycles. The molecule has 1 N–H and O–H groups in total. The molecule has 1 aliphatic rings. The van der Waals surface area contributed by atoms with Crippen LogP contribution in [0.15, 0.2) is 48.0 Å². The van der Waals surface area contributed by atoms with Crippen molar-refractivity contribution in [3.63, 3.8) is 0 Å². The van der Waals surface area contributed by atoms with Crippen molar-refractivity contribution in [2.45, 2.75) is 32.4 Å². The molecule has 6 nitrogen and oxygen atoms in total. The van der Waals surface area contributed by atoms with Gasteiger partial charge in [0.2, 0.25) is 0 Å². The van der Waals surface area contributed by atoms with E-state index >= 15 is 0 Å². The Kier molecular flexibility index (Phi) is 7.82. The number of methoxy groups -OCH3 is 1. The van der Waals surface area contributed by atoms with Gasteiger partial charge in [-0.3, -0.25) is 9.59 Å². The summed E-state index contributed by atoms with van der Waals surface area (Å²) < 4.78 is 10.8. The lowest BCUT2D eigenvalue weighted by Crippen LogP contribution is -2.31. The summed E-state index contributed by atoms with van der Waals surface area (Å²) in [7, 11) is 1.50. The van der Waals surface area contributed by atoms with Gasteiger partial charge in [0.1, 0.15) is 11.5 Å². The molecule has 170 valence electrons. The molecule has 32 heavy (non-hydrogen) atoms. The van der Waals surface area contributed by atoms with Crippen molar-refractivity contribution in [2.24, 2.45) is 0 Å². The molecular weight excluding hydrogens is 453 g/mol. The largest absolute Gasteiger partial charge is 0.507 e. The Morgan fingerprint density at radius 1 is 1.16 bits per heavy atom. The van der Waals surface area contributed by atoms with E-state index in [0.29, 0.717) is 39.9 Å². The van der Waals surface area contributed by atoms with Gasteiger partial charge >= 0.3 is 0 Å². The molecular formula is C24H25Cl2NO5. The van der Waals surface area contributed by atoms with Crippen molar-refractivity contribution in [1.82, 2.24) is 4.90 Å². The number of carbonyl (C=O) groups excluding carboxylic acids is 2. The van der Waals surface area contributed by atoms with Crippen molar-refractivity contribution in [3.05, 3.63) is 69.2 Å². The zero-order valence-electron chi connectivity index (χ0n) is 18.1. The molecule has 0 unspecified atom stereocenters. The number of benzene rings is 2. The lowest BCUT2D eigenvalue weighted by molar-refractivity contribution is -0.140. The Labute approximate surface area is 197 Å². The number of halogens is 2. The molecule has 0 radical (unpaired) electrons. The molecule has 0 bridgehead atoms. The molecule has 2 aromatic rings. The number of ketones is 1. The molecule has 1 atom stereocenters. The second-order valence-corrected chi connectivity index (χ2v) is 8.51. The van der Waals surface area contributed by atoms with Gasteiger partial charge in [0.15, 0.2) is 0 Å². The van der Waals surface area contributed by atoms with Crippen LogP contribution in [0.5, 0.6) is 5.75 Å². The first-order valence-corrected chi connectivity index (χ1v) is 11.0. The first-order valence-electron chi connectivity index (χ1n) is 10.2. The van der Waals surface area contributed by atoms with Gasteiger partial charge in [-0.25, -0.2) is 0 Å². The van der Waals surface area contributed by atoms with Crippen molar-refractivity contribution < 1.29 is 24.2 Å². The maximum Gasteiger partial charge on any atom is 0.295 e. The minimum atomic E-state index is -0.856. The molecule has 0 aliphatic carbocycles. The topological polar surface area (TPSA) is 76.1 Å². The fourth-order valence-electron chi connectivity index (χ4n) is 3.64. The van der Waals surface area contributed by atoms with Gasteiger partial charge in [-0.15, -0.1) is 0 Å². The summed E-state index contributed by atoms with van der Waals surface area (Å²) in [6.07, 6.45) is 0.575. The number of ether oxygens (including phenoxy) is 2. The normalized spacial score (nSPS) is 17.9. The number of likely N-dealkylation sites (tertiary alicyclic amines) is 1. The molecule has 1 aliphatic heterocycles. The van der Waals surface area contributed by atoms with Crippen molar-refractivity contribution in [3.8, 4) is 5.75 Å². The van der Waals surface area contributed by atoms with E-state index in [1.54, 1.807) is 42.5 Å². The van der Waals surface area contributed by atoms with Crippen LogP contribution < -0.4 is 4.74 Å². The average Bonchev–Trinajstić information content (AvgIpc) is 3.00. The predicted molar refractivity (Wildman–Crippen MR) is 124 cm³/mol. The molecule has 3 rings (SSSR count). The van der Waals surface area contributed by atoms with E-state index < -0.39 is 17.7 Å². The smallest absolute Gasteiger partial charge is 0.295 e. The van der Waals surface area contributed by atoms with E-state index in [1.807, 2.05) is 13.8 Å². The van der Waals surface area contributed by atoms with Gasteiger partial charge in [0.25, 0.3) is 11.7 Å². The number of nitrogens with zero attached hydrogens (tertiary/aromatic N) is 1. The van der Waals surface area contributed by atoms with Crippen LogP contribution in [0.4, 0.5) is 0 Å². The fraction of sp³-hybridized carbons (Fsp3) is 0.333. The van der Waals surface area contributed by atoms with Gasteiger partial charge in [-0.1, -0.05) is 41.4 Å². The number of hydrogen-bond acceptors (Lipinski definition) is 5. The van der Waals surface area contributed by atoms with Gasteiger partial charge in [-0.2, -0.15) is 0 Å². The van der Waals surface area contributed by atoms with E-state index in [2.05, 4.69) is 0 Å². The maximum atomic E-state index is 13.0. The number of rotatable bonds is 8. The lowest BCUT2D eigenvalue weighted by Gasteiger charge is -2.26. The summed E-state index contributed by atoms with van der Waals surface area (Å²) in [5.41, 5.74) is 0.835. The zero-order chi connectivity index (χ0) is 23.4. The Morgan fingerprint density at radius 3 is 2.56 bits per heavy atom. The number of hydrogen-bond donors (Lipinski definition) is 1. The van der Waals surface area contributed by atoms with Crippen molar-refractivity contribution >= 4 is 40.7 Å². The molecule has 0 spiro atoms. The van der Waals surface area contributed by atoms with E-state index in [0.717, 1.165) is 0 Å². The van der Waals surface area contributed by atoms with Gasteiger partial charge < -0.3 is 19.5 Å². The lowest BCUT2D eigenvalue weighted by atomic mass is 9.95. The van der Waals surface area contributed by atoms with Crippen LogP contribution in [0.25, 0.3) is 5.76 Å². The number of aliphatic hydroxyl groups excluding tert-OH is 1. The molecule has 2 aromatic carbocycles. The quantitative estimate of drug-likeness (QED) is 0.243. The third-order valence-electron chi connectivity index (χ3n) is 5.13. The minimum absolute atomic E-state index is 0.0303. The molecule has 8 heteroatoms. The summed E-state index contributed by atoms with van der Waals surface area (Å²) in [6.45, 7) is 4.54. The third kappa shape index (κ3) is 5.09. The van der Waals surface area contributed by atoms with Crippen LogP contribution in [0.2, 0.25) is 10.0 Å². The van der Waals surface area contributed by atoms with E-state index in [9.17, 15) is 14.7 Å². The standard InChI is InChI=1S/C24H25Cl2NO5/c1-14(2)32-11-5-10-27-21(18-9-8-16(25)13-19(18)26)20(23(29)24(27)30)22(28)15-6-4-7-17(12-15)31-3/h4,6-9,12-14,21,28H,5,10-11H2,1-3H3/t21-/m1/s1. The molecule has 1 fully saturated rings. The molecule has 1 amide bonds. The summed E-state index contributed by atoms with van der Waals surface area (Å²) in [5.74, 6) is -1.25. The first kappa shape index (κ1) is 24.1. The SMILES string of the molecule is COc1cccc(C(O)=C2C(=O)C(=O)N(CCCOC(C)C)[C@@H]2c2ccc(Cl)cc2Cl)c1. The monoisotopic (exact) mass is 477 g/mol. The Balaban J connectivity index is 2.09. The highest BCUT2D eigenvalue weighted by Crippen LogP contribution is 2.42. The first-order chi connectivity index (χ1) is 15.2. The summed E-state index contributed by atoms with van der Waals surface area (Å²) >= 11 is 12.5. The highest BCUT2D eigenvalue weighted by Gasteiger charge is 2.46. The van der Waals surface area contributed by atoms with E-state index in [1.165, 1.54) is 12.0 Å². The number of carbonyl (C=O) groups is 2. The number of Topliss-reactive ketones (excluding diaryl/α,β-unsaturated/α-hetero) is 1. The van der Waals surface area contributed by atoms with Crippen LogP contribution in [0, 0.1) is 0 Å². The number of amides is 1. The molecule has 0 aromatic heterocycles. The van der Waals surface area contributed by atoms with Gasteiger partial charge in [-0.05, 0) is 50.1 Å².